The van der Waals surface area contributed by atoms with Crippen LogP contribution in [0.2, 0.25) is 0 Å². The molecule has 0 aromatic heterocycles. The van der Waals surface area contributed by atoms with Crippen LogP contribution in [0.4, 0.5) is 0 Å². The first-order valence-corrected chi connectivity index (χ1v) is 8.73. The topological polar surface area (TPSA) is 89.7 Å². The fraction of sp³-hybridized carbons (Fsp3) is 0.462. The molecule has 1 aromatic carbocycles. The van der Waals surface area contributed by atoms with Gasteiger partial charge >= 0.3 is 0 Å². The Bertz CT molecular complexity index is 675. The van der Waals surface area contributed by atoms with Gasteiger partial charge in [0.05, 0.1) is 11.0 Å². The van der Waals surface area contributed by atoms with Crippen molar-refractivity contribution in [3.8, 4) is 0 Å². The average molecular weight is 377 g/mol. The molecule has 1 aromatic rings. The van der Waals surface area contributed by atoms with Crippen LogP contribution in [-0.2, 0) is 14.8 Å². The molecule has 0 bridgehead atoms. The Hall–Kier alpha value is -0.960. The number of likely N-dealkylation sites (tertiary alicyclic amines) is 1. The Kier molecular flexibility index (Phi) is 4.72. The number of rotatable bonds is 3. The van der Waals surface area contributed by atoms with Crippen molar-refractivity contribution >= 4 is 31.9 Å². The van der Waals surface area contributed by atoms with Gasteiger partial charge in [0.25, 0.3) is 5.91 Å². The Labute approximate surface area is 132 Å². The number of nitrogens with two attached hydrogens (primary N) is 1. The molecule has 1 heterocycles. The van der Waals surface area contributed by atoms with E-state index in [1.807, 2.05) is 0 Å². The van der Waals surface area contributed by atoms with Gasteiger partial charge in [-0.15, -0.1) is 0 Å². The maximum Gasteiger partial charge on any atom is 0.254 e. The van der Waals surface area contributed by atoms with Crippen LogP contribution in [0, 0.1) is 6.92 Å². The molecule has 1 aliphatic rings. The molecule has 8 heteroatoms. The van der Waals surface area contributed by atoms with Gasteiger partial charge in [0.15, 0.2) is 0 Å². The Morgan fingerprint density at radius 1 is 1.48 bits per heavy atom. The Morgan fingerprint density at radius 2 is 2.14 bits per heavy atom. The third-order valence-electron chi connectivity index (χ3n) is 3.64. The van der Waals surface area contributed by atoms with Crippen LogP contribution >= 0.6 is 15.9 Å². The SMILES string of the molecule is COC1CCN(C(=O)c2cc(S(N)(=O)=O)cc(Br)c2C)C1. The molecule has 116 valence electrons. The van der Waals surface area contributed by atoms with Gasteiger partial charge < -0.3 is 9.64 Å². The number of nitrogens with zero attached hydrogens (tertiary/aromatic N) is 1. The zero-order valence-electron chi connectivity index (χ0n) is 11.8. The van der Waals surface area contributed by atoms with E-state index >= 15 is 0 Å². The lowest BCUT2D eigenvalue weighted by atomic mass is 10.1. The van der Waals surface area contributed by atoms with Crippen LogP contribution in [0.25, 0.3) is 0 Å². The van der Waals surface area contributed by atoms with E-state index in [2.05, 4.69) is 15.9 Å². The molecule has 2 rings (SSSR count). The summed E-state index contributed by atoms with van der Waals surface area (Å²) in [5, 5.41) is 5.15. The minimum Gasteiger partial charge on any atom is -0.380 e. The second-order valence-corrected chi connectivity index (χ2v) is 7.44. The highest BCUT2D eigenvalue weighted by atomic mass is 79.9. The molecular weight excluding hydrogens is 360 g/mol. The molecule has 1 saturated heterocycles. The quantitative estimate of drug-likeness (QED) is 0.859. The molecule has 1 fully saturated rings. The van der Waals surface area contributed by atoms with Crippen molar-refractivity contribution in [2.75, 3.05) is 20.2 Å². The molecule has 0 saturated carbocycles. The van der Waals surface area contributed by atoms with Crippen molar-refractivity contribution in [2.24, 2.45) is 5.14 Å². The number of halogens is 1. The zero-order chi connectivity index (χ0) is 15.8. The summed E-state index contributed by atoms with van der Waals surface area (Å²) >= 11 is 3.28. The maximum atomic E-state index is 12.6. The van der Waals surface area contributed by atoms with E-state index in [9.17, 15) is 13.2 Å². The standard InChI is InChI=1S/C13H17BrN2O4S/c1-8-11(5-10(6-12(8)14)21(15,18)19)13(17)16-4-3-9(7-16)20-2/h5-6,9H,3-4,7H2,1-2H3,(H2,15,18,19). The van der Waals surface area contributed by atoms with Crippen molar-refractivity contribution in [2.45, 2.75) is 24.3 Å². The minimum absolute atomic E-state index is 0.0270. The summed E-state index contributed by atoms with van der Waals surface area (Å²) in [5.74, 6) is -0.210. The van der Waals surface area contributed by atoms with Crippen molar-refractivity contribution in [3.63, 3.8) is 0 Å². The molecule has 1 amide bonds. The fourth-order valence-corrected chi connectivity index (χ4v) is 3.49. The predicted molar refractivity (Wildman–Crippen MR) is 81.6 cm³/mol. The summed E-state index contributed by atoms with van der Waals surface area (Å²) in [7, 11) is -2.25. The smallest absolute Gasteiger partial charge is 0.254 e. The lowest BCUT2D eigenvalue weighted by Crippen LogP contribution is -2.30. The van der Waals surface area contributed by atoms with E-state index < -0.39 is 10.0 Å². The van der Waals surface area contributed by atoms with Gasteiger partial charge in [-0.2, -0.15) is 0 Å². The zero-order valence-corrected chi connectivity index (χ0v) is 14.2. The van der Waals surface area contributed by atoms with Crippen LogP contribution < -0.4 is 5.14 Å². The lowest BCUT2D eigenvalue weighted by molar-refractivity contribution is 0.0723. The van der Waals surface area contributed by atoms with Gasteiger partial charge in [-0.1, -0.05) is 15.9 Å². The Balaban J connectivity index is 2.39. The van der Waals surface area contributed by atoms with E-state index in [1.54, 1.807) is 18.9 Å². The molecule has 6 nitrogen and oxygen atoms in total. The van der Waals surface area contributed by atoms with Gasteiger partial charge in [0.1, 0.15) is 0 Å². The fourth-order valence-electron chi connectivity index (χ4n) is 2.32. The third kappa shape index (κ3) is 3.45. The van der Waals surface area contributed by atoms with Gasteiger partial charge in [-0.25, -0.2) is 13.6 Å². The van der Waals surface area contributed by atoms with Crippen LogP contribution in [0.5, 0.6) is 0 Å². The number of primary sulfonamides is 1. The summed E-state index contributed by atoms with van der Waals surface area (Å²) in [4.78, 5) is 14.2. The van der Waals surface area contributed by atoms with Crippen LogP contribution in [-0.4, -0.2) is 45.5 Å². The van der Waals surface area contributed by atoms with E-state index in [1.165, 1.54) is 12.1 Å². The van der Waals surface area contributed by atoms with Crippen molar-refractivity contribution in [1.29, 1.82) is 0 Å². The van der Waals surface area contributed by atoms with E-state index in [4.69, 9.17) is 9.88 Å². The molecule has 0 spiro atoms. The highest BCUT2D eigenvalue weighted by molar-refractivity contribution is 9.10. The number of methoxy groups -OCH3 is 1. The monoisotopic (exact) mass is 376 g/mol. The first kappa shape index (κ1) is 16.4. The highest BCUT2D eigenvalue weighted by Crippen LogP contribution is 2.26. The van der Waals surface area contributed by atoms with E-state index in [-0.39, 0.29) is 16.9 Å². The minimum atomic E-state index is -3.86. The third-order valence-corrected chi connectivity index (χ3v) is 5.36. The lowest BCUT2D eigenvalue weighted by Gasteiger charge is -2.18. The van der Waals surface area contributed by atoms with Crippen molar-refractivity contribution < 1.29 is 17.9 Å². The molecule has 0 radical (unpaired) electrons. The average Bonchev–Trinajstić information content (AvgIpc) is 2.88. The van der Waals surface area contributed by atoms with Crippen molar-refractivity contribution in [3.05, 3.63) is 27.7 Å². The number of benzene rings is 1. The predicted octanol–water partition coefficient (Wildman–Crippen LogP) is 1.27. The molecule has 1 unspecified atom stereocenters. The largest absolute Gasteiger partial charge is 0.380 e. The molecule has 0 aliphatic carbocycles. The number of carbonyl (C=O) groups is 1. The van der Waals surface area contributed by atoms with Crippen LogP contribution in [0.1, 0.15) is 22.3 Å². The molecule has 21 heavy (non-hydrogen) atoms. The molecule has 1 aliphatic heterocycles. The van der Waals surface area contributed by atoms with E-state index in [0.717, 1.165) is 6.42 Å². The van der Waals surface area contributed by atoms with Gasteiger partial charge in [0.2, 0.25) is 10.0 Å². The number of hydrogen-bond acceptors (Lipinski definition) is 4. The van der Waals surface area contributed by atoms with E-state index in [0.29, 0.717) is 28.7 Å². The number of ether oxygens (including phenoxy) is 1. The number of carbonyl (C=O) groups excluding carboxylic acids is 1. The second kappa shape index (κ2) is 6.04. The van der Waals surface area contributed by atoms with Crippen LogP contribution in [0.3, 0.4) is 0 Å². The maximum absolute atomic E-state index is 12.6. The van der Waals surface area contributed by atoms with Gasteiger partial charge in [-0.3, -0.25) is 4.79 Å². The number of sulfonamides is 1. The summed E-state index contributed by atoms with van der Waals surface area (Å²) < 4.78 is 28.8. The van der Waals surface area contributed by atoms with Gasteiger partial charge in [-0.05, 0) is 31.0 Å². The summed E-state index contributed by atoms with van der Waals surface area (Å²) in [6.45, 7) is 2.86. The highest BCUT2D eigenvalue weighted by Gasteiger charge is 2.28. The number of amides is 1. The first-order chi connectivity index (χ1) is 9.74. The number of hydrogen-bond donors (Lipinski definition) is 1. The summed E-state index contributed by atoms with van der Waals surface area (Å²) in [5.41, 5.74) is 1.03. The van der Waals surface area contributed by atoms with Crippen molar-refractivity contribution in [1.82, 2.24) is 4.90 Å². The second-order valence-electron chi connectivity index (χ2n) is 5.02. The van der Waals surface area contributed by atoms with Crippen LogP contribution in [0.15, 0.2) is 21.5 Å². The molecule has 1 atom stereocenters. The van der Waals surface area contributed by atoms with Gasteiger partial charge in [0, 0.05) is 30.2 Å². The molecular formula is C13H17BrN2O4S. The first-order valence-electron chi connectivity index (χ1n) is 6.39. The molecule has 2 N–H and O–H groups in total. The summed E-state index contributed by atoms with van der Waals surface area (Å²) in [6.07, 6.45) is 0.802. The Morgan fingerprint density at radius 3 is 2.67 bits per heavy atom. The summed E-state index contributed by atoms with van der Waals surface area (Å²) in [6, 6.07) is 2.74. The normalized spacial score (nSPS) is 19.0.